The van der Waals surface area contributed by atoms with Crippen molar-refractivity contribution in [1.82, 2.24) is 19.9 Å². The predicted molar refractivity (Wildman–Crippen MR) is 121 cm³/mol. The average molecular weight is 484 g/mol. The zero-order valence-electron chi connectivity index (χ0n) is 18.3. The van der Waals surface area contributed by atoms with E-state index in [1.54, 1.807) is 37.4 Å². The second kappa shape index (κ2) is 9.81. The van der Waals surface area contributed by atoms with Crippen LogP contribution in [0.25, 0.3) is 5.65 Å². The highest BCUT2D eigenvalue weighted by Gasteiger charge is 2.30. The summed E-state index contributed by atoms with van der Waals surface area (Å²) >= 11 is 0. The molecule has 2 heterocycles. The molecule has 4 rings (SSSR count). The van der Waals surface area contributed by atoms with E-state index >= 15 is 0 Å². The third-order valence-corrected chi connectivity index (χ3v) is 4.67. The van der Waals surface area contributed by atoms with Crippen molar-refractivity contribution in [2.24, 2.45) is 0 Å². The predicted octanol–water partition coefficient (Wildman–Crippen LogP) is 3.95. The summed E-state index contributed by atoms with van der Waals surface area (Å²) in [6.07, 6.45) is -3.02. The molecular weight excluding hydrogens is 465 g/mol. The van der Waals surface area contributed by atoms with Crippen LogP contribution in [0.5, 0.6) is 11.6 Å². The Hall–Kier alpha value is -4.45. The number of rotatable bonds is 7. The van der Waals surface area contributed by atoms with Crippen molar-refractivity contribution in [3.05, 3.63) is 78.0 Å². The summed E-state index contributed by atoms with van der Waals surface area (Å²) in [4.78, 5) is 28.4. The fourth-order valence-electron chi connectivity index (χ4n) is 3.12. The smallest absolute Gasteiger partial charge is 0.416 e. The van der Waals surface area contributed by atoms with Crippen LogP contribution in [0.1, 0.15) is 15.9 Å². The fraction of sp³-hybridized carbons (Fsp3) is 0.130. The number of nitrogens with zero attached hydrogens (tertiary/aromatic N) is 3. The van der Waals surface area contributed by atoms with Crippen LogP contribution in [-0.2, 0) is 11.0 Å². The third-order valence-electron chi connectivity index (χ3n) is 4.67. The number of alkyl halides is 3. The Morgan fingerprint density at radius 1 is 1.03 bits per heavy atom. The second-order valence-electron chi connectivity index (χ2n) is 7.34. The Balaban J connectivity index is 1.46. The summed E-state index contributed by atoms with van der Waals surface area (Å²) in [6, 6.07) is 13.7. The molecule has 12 heteroatoms. The zero-order valence-corrected chi connectivity index (χ0v) is 18.3. The number of nitrogens with one attached hydrogen (secondary N) is 3. The number of hydrogen-bond acceptors (Lipinski definition) is 6. The van der Waals surface area contributed by atoms with Gasteiger partial charge in [-0.2, -0.15) is 13.2 Å². The first kappa shape index (κ1) is 23.7. The molecule has 4 aromatic rings. The lowest BCUT2D eigenvalue weighted by Crippen LogP contribution is -2.25. The summed E-state index contributed by atoms with van der Waals surface area (Å²) in [7, 11) is 1.65. The van der Waals surface area contributed by atoms with E-state index in [1.165, 1.54) is 28.9 Å². The Labute approximate surface area is 196 Å². The highest BCUT2D eigenvalue weighted by atomic mass is 19.4. The first-order valence-electron chi connectivity index (χ1n) is 10.3. The number of carbonyl (C=O) groups excluding carboxylic acids is 2. The van der Waals surface area contributed by atoms with Crippen molar-refractivity contribution < 1.29 is 27.5 Å². The highest BCUT2D eigenvalue weighted by Crippen LogP contribution is 2.30. The van der Waals surface area contributed by atoms with Crippen molar-refractivity contribution in [3.8, 4) is 11.6 Å². The maximum atomic E-state index is 12.9. The molecule has 0 fully saturated rings. The monoisotopic (exact) mass is 484 g/mol. The number of carbonyl (C=O) groups is 2. The quantitative estimate of drug-likeness (QED) is 0.367. The lowest BCUT2D eigenvalue weighted by atomic mass is 10.1. The molecule has 2 aromatic heterocycles. The summed E-state index contributed by atoms with van der Waals surface area (Å²) < 4.78 is 46.0. The highest BCUT2D eigenvalue weighted by molar-refractivity contribution is 6.04. The molecule has 180 valence electrons. The number of anilines is 2. The summed E-state index contributed by atoms with van der Waals surface area (Å²) in [5, 5.41) is 12.2. The van der Waals surface area contributed by atoms with Gasteiger partial charge in [-0.05, 0) is 43.4 Å². The van der Waals surface area contributed by atoms with Gasteiger partial charge in [0.1, 0.15) is 5.75 Å². The normalized spacial score (nSPS) is 11.3. The van der Waals surface area contributed by atoms with Crippen molar-refractivity contribution in [2.45, 2.75) is 6.18 Å². The van der Waals surface area contributed by atoms with Gasteiger partial charge in [0.05, 0.1) is 18.3 Å². The number of amides is 2. The van der Waals surface area contributed by atoms with Crippen LogP contribution >= 0.6 is 0 Å². The van der Waals surface area contributed by atoms with E-state index < -0.39 is 17.6 Å². The van der Waals surface area contributed by atoms with Crippen molar-refractivity contribution >= 4 is 29.0 Å². The molecule has 9 nitrogen and oxygen atoms in total. The zero-order chi connectivity index (χ0) is 25.0. The molecule has 0 saturated carbocycles. The Morgan fingerprint density at radius 2 is 1.83 bits per heavy atom. The summed E-state index contributed by atoms with van der Waals surface area (Å²) in [6.45, 7) is 0.135. The van der Waals surface area contributed by atoms with Gasteiger partial charge in [0.15, 0.2) is 11.5 Å². The van der Waals surface area contributed by atoms with Crippen LogP contribution in [-0.4, -0.2) is 40.0 Å². The minimum atomic E-state index is -4.55. The van der Waals surface area contributed by atoms with Crippen LogP contribution in [0.3, 0.4) is 0 Å². The van der Waals surface area contributed by atoms with Gasteiger partial charge < -0.3 is 20.7 Å². The molecule has 2 amide bonds. The number of imidazole rings is 1. The SMILES string of the molecule is CNCC(=O)Nc1cn2nc(Oc3cccc(NC(=O)c4cccc(C(F)(F)F)c4)c3)ccc2n1. The molecule has 35 heavy (non-hydrogen) atoms. The van der Waals surface area contributed by atoms with Gasteiger partial charge in [-0.15, -0.1) is 5.10 Å². The number of likely N-dealkylation sites (N-methyl/N-ethyl adjacent to an activating group) is 1. The standard InChI is InChI=1S/C23H19F3N6O3/c1-27-12-20(33)30-18-13-32-19(29-18)8-9-21(31-32)35-17-7-3-6-16(11-17)28-22(34)14-4-2-5-15(10-14)23(24,25)26/h2-11,13,27H,12H2,1H3,(H,28,34)(H,30,33). The maximum Gasteiger partial charge on any atom is 0.416 e. The lowest BCUT2D eigenvalue weighted by molar-refractivity contribution is -0.137. The molecule has 0 aliphatic heterocycles. The fourth-order valence-corrected chi connectivity index (χ4v) is 3.12. The van der Waals surface area contributed by atoms with Crippen LogP contribution in [0, 0.1) is 0 Å². The lowest BCUT2D eigenvalue weighted by Gasteiger charge is -2.10. The van der Waals surface area contributed by atoms with Crippen LogP contribution < -0.4 is 20.7 Å². The van der Waals surface area contributed by atoms with Gasteiger partial charge in [0, 0.05) is 23.4 Å². The van der Waals surface area contributed by atoms with Gasteiger partial charge in [0.25, 0.3) is 5.91 Å². The maximum absolute atomic E-state index is 12.9. The first-order valence-corrected chi connectivity index (χ1v) is 10.3. The van der Waals surface area contributed by atoms with Crippen LogP contribution in [0.4, 0.5) is 24.7 Å². The van der Waals surface area contributed by atoms with Crippen LogP contribution in [0.15, 0.2) is 66.9 Å². The number of halogens is 3. The van der Waals surface area contributed by atoms with E-state index in [0.717, 1.165) is 12.1 Å². The summed E-state index contributed by atoms with van der Waals surface area (Å²) in [5.41, 5.74) is -0.230. The molecule has 0 aliphatic rings. The van der Waals surface area contributed by atoms with E-state index in [4.69, 9.17) is 4.74 Å². The number of benzene rings is 2. The molecule has 3 N–H and O–H groups in total. The second-order valence-corrected chi connectivity index (χ2v) is 7.34. The molecule has 0 saturated heterocycles. The number of hydrogen-bond donors (Lipinski definition) is 3. The third kappa shape index (κ3) is 5.92. The molecule has 0 aliphatic carbocycles. The number of ether oxygens (including phenoxy) is 1. The van der Waals surface area contributed by atoms with E-state index in [2.05, 4.69) is 26.0 Å². The Morgan fingerprint density at radius 3 is 2.60 bits per heavy atom. The molecule has 0 atom stereocenters. The minimum absolute atomic E-state index is 0.129. The van der Waals surface area contributed by atoms with E-state index in [1.807, 2.05) is 0 Å². The Kier molecular flexibility index (Phi) is 6.64. The number of aromatic nitrogens is 3. The molecule has 0 radical (unpaired) electrons. The average Bonchev–Trinajstić information content (AvgIpc) is 3.20. The topological polar surface area (TPSA) is 110 Å². The largest absolute Gasteiger partial charge is 0.438 e. The van der Waals surface area contributed by atoms with E-state index in [9.17, 15) is 22.8 Å². The van der Waals surface area contributed by atoms with Crippen molar-refractivity contribution in [1.29, 1.82) is 0 Å². The van der Waals surface area contributed by atoms with Gasteiger partial charge in [-0.25, -0.2) is 9.50 Å². The number of fused-ring (bicyclic) bond motifs is 1. The van der Waals surface area contributed by atoms with Gasteiger partial charge >= 0.3 is 6.18 Å². The molecule has 0 spiro atoms. The van der Waals surface area contributed by atoms with Crippen molar-refractivity contribution in [3.63, 3.8) is 0 Å². The van der Waals surface area contributed by atoms with E-state index in [0.29, 0.717) is 22.9 Å². The molecule has 2 aromatic carbocycles. The van der Waals surface area contributed by atoms with Crippen molar-refractivity contribution in [2.75, 3.05) is 24.2 Å². The van der Waals surface area contributed by atoms with Crippen LogP contribution in [0.2, 0.25) is 0 Å². The summed E-state index contributed by atoms with van der Waals surface area (Å²) in [5.74, 6) is -0.0738. The first-order chi connectivity index (χ1) is 16.7. The minimum Gasteiger partial charge on any atom is -0.438 e. The van der Waals surface area contributed by atoms with Gasteiger partial charge in [-0.3, -0.25) is 9.59 Å². The van der Waals surface area contributed by atoms with Gasteiger partial charge in [0.2, 0.25) is 11.8 Å². The molecular formula is C23H19F3N6O3. The van der Waals surface area contributed by atoms with Gasteiger partial charge in [-0.1, -0.05) is 12.1 Å². The molecule has 0 unspecified atom stereocenters. The Bertz CT molecular complexity index is 1390. The molecule has 0 bridgehead atoms. The van der Waals surface area contributed by atoms with E-state index in [-0.39, 0.29) is 23.9 Å².